The highest BCUT2D eigenvalue weighted by atomic mass is 32.2. The lowest BCUT2D eigenvalue weighted by molar-refractivity contribution is -0.119. The van der Waals surface area contributed by atoms with Gasteiger partial charge in [0.25, 0.3) is 0 Å². The highest BCUT2D eigenvalue weighted by molar-refractivity contribution is 8.01. The third kappa shape index (κ3) is 2.64. The average molecular weight is 260 g/mol. The zero-order chi connectivity index (χ0) is 12.4. The van der Waals surface area contributed by atoms with E-state index in [0.717, 1.165) is 12.8 Å². The van der Waals surface area contributed by atoms with Crippen molar-refractivity contribution in [2.24, 2.45) is 5.92 Å². The Balaban J connectivity index is 1.58. The van der Waals surface area contributed by atoms with E-state index in [-0.39, 0.29) is 5.25 Å². The van der Waals surface area contributed by atoms with Crippen molar-refractivity contribution in [2.45, 2.75) is 55.1 Å². The fourth-order valence-corrected chi connectivity index (χ4v) is 4.43. The van der Waals surface area contributed by atoms with Crippen molar-refractivity contribution >= 4 is 17.5 Å². The Morgan fingerprint density at radius 2 is 1.94 bits per heavy atom. The van der Waals surface area contributed by atoms with Crippen molar-refractivity contribution in [2.75, 3.05) is 0 Å². The number of carbonyl (C=O) groups is 1. The highest BCUT2D eigenvalue weighted by Gasteiger charge is 2.29. The van der Waals surface area contributed by atoms with E-state index >= 15 is 0 Å². The van der Waals surface area contributed by atoms with Gasteiger partial charge in [-0.15, -0.1) is 11.8 Å². The van der Waals surface area contributed by atoms with Crippen LogP contribution in [0.2, 0.25) is 0 Å². The van der Waals surface area contributed by atoms with E-state index in [4.69, 9.17) is 0 Å². The molecule has 0 N–H and O–H groups in total. The number of hydrogen-bond acceptors (Lipinski definition) is 2. The van der Waals surface area contributed by atoms with E-state index in [0.29, 0.717) is 11.7 Å². The summed E-state index contributed by atoms with van der Waals surface area (Å²) in [5, 5.41) is 0.198. The van der Waals surface area contributed by atoms with Gasteiger partial charge in [0.15, 0.2) is 0 Å². The fourth-order valence-electron chi connectivity index (χ4n) is 3.17. The quantitative estimate of drug-likeness (QED) is 0.808. The second kappa shape index (κ2) is 5.48. The number of benzene rings is 1. The first-order chi connectivity index (χ1) is 8.83. The van der Waals surface area contributed by atoms with E-state index in [9.17, 15) is 4.79 Å². The number of rotatable bonds is 3. The van der Waals surface area contributed by atoms with Crippen LogP contribution in [0.25, 0.3) is 0 Å². The normalized spacial score (nSPS) is 23.9. The van der Waals surface area contributed by atoms with Crippen LogP contribution in [0, 0.1) is 5.92 Å². The summed E-state index contributed by atoms with van der Waals surface area (Å²) in [5.41, 5.74) is 1.37. The summed E-state index contributed by atoms with van der Waals surface area (Å²) in [5.74, 6) is 1.17. The molecule has 1 aliphatic carbocycles. The van der Waals surface area contributed by atoms with Gasteiger partial charge in [0, 0.05) is 11.3 Å². The zero-order valence-corrected chi connectivity index (χ0v) is 11.5. The molecular weight excluding hydrogens is 240 g/mol. The molecule has 1 fully saturated rings. The van der Waals surface area contributed by atoms with Crippen molar-refractivity contribution in [3.8, 4) is 0 Å². The van der Waals surface area contributed by atoms with Crippen LogP contribution in [0.4, 0.5) is 0 Å². The second-order valence-corrected chi connectivity index (χ2v) is 6.84. The summed E-state index contributed by atoms with van der Waals surface area (Å²) in [6, 6.07) is 8.46. The molecule has 1 aromatic carbocycles. The minimum absolute atomic E-state index is 0.198. The standard InChI is InChI=1S/C16H20OS/c17-14(10-12-6-2-1-3-7-12)16-11-13-8-4-5-9-15(13)18-16/h4-5,8-9,12,16H,1-3,6-7,10-11H2. The average Bonchev–Trinajstić information content (AvgIpc) is 2.84. The van der Waals surface area contributed by atoms with Crippen LogP contribution < -0.4 is 0 Å². The summed E-state index contributed by atoms with van der Waals surface area (Å²) >= 11 is 1.78. The number of thioether (sulfide) groups is 1. The van der Waals surface area contributed by atoms with E-state index in [1.807, 2.05) is 0 Å². The molecule has 1 nitrogen and oxygen atoms in total. The van der Waals surface area contributed by atoms with Gasteiger partial charge in [0.1, 0.15) is 5.78 Å². The van der Waals surface area contributed by atoms with Crippen LogP contribution in [-0.2, 0) is 11.2 Å². The molecule has 0 bridgehead atoms. The largest absolute Gasteiger partial charge is 0.298 e. The van der Waals surface area contributed by atoms with Crippen molar-refractivity contribution in [1.29, 1.82) is 0 Å². The molecule has 2 aliphatic rings. The SMILES string of the molecule is O=C(CC1CCCCC1)C1Cc2ccccc2S1. The summed E-state index contributed by atoms with van der Waals surface area (Å²) in [4.78, 5) is 13.7. The number of ketones is 1. The molecule has 0 amide bonds. The Morgan fingerprint density at radius 1 is 1.17 bits per heavy atom. The molecule has 1 saturated carbocycles. The number of carbonyl (C=O) groups excluding carboxylic acids is 1. The molecule has 0 aromatic heterocycles. The van der Waals surface area contributed by atoms with Gasteiger partial charge in [-0.3, -0.25) is 4.79 Å². The minimum Gasteiger partial charge on any atom is -0.298 e. The van der Waals surface area contributed by atoms with Gasteiger partial charge in [0.2, 0.25) is 0 Å². The predicted molar refractivity (Wildman–Crippen MR) is 76.0 cm³/mol. The van der Waals surface area contributed by atoms with E-state index in [1.165, 1.54) is 42.6 Å². The zero-order valence-electron chi connectivity index (χ0n) is 10.7. The Morgan fingerprint density at radius 3 is 2.72 bits per heavy atom. The molecule has 96 valence electrons. The summed E-state index contributed by atoms with van der Waals surface area (Å²) in [6.07, 6.45) is 8.35. The Kier molecular flexibility index (Phi) is 3.74. The summed E-state index contributed by atoms with van der Waals surface area (Å²) < 4.78 is 0. The molecular formula is C16H20OS. The van der Waals surface area contributed by atoms with Gasteiger partial charge >= 0.3 is 0 Å². The second-order valence-electron chi connectivity index (χ2n) is 5.59. The van der Waals surface area contributed by atoms with E-state index < -0.39 is 0 Å². The molecule has 0 spiro atoms. The lowest BCUT2D eigenvalue weighted by Gasteiger charge is -2.21. The molecule has 1 unspecified atom stereocenters. The molecule has 1 atom stereocenters. The van der Waals surface area contributed by atoms with Gasteiger partial charge in [-0.1, -0.05) is 50.3 Å². The third-order valence-electron chi connectivity index (χ3n) is 4.22. The van der Waals surface area contributed by atoms with E-state index in [2.05, 4.69) is 24.3 Å². The number of fused-ring (bicyclic) bond motifs is 1. The van der Waals surface area contributed by atoms with E-state index in [1.54, 1.807) is 11.8 Å². The topological polar surface area (TPSA) is 17.1 Å². The lowest BCUT2D eigenvalue weighted by atomic mass is 9.85. The molecule has 18 heavy (non-hydrogen) atoms. The van der Waals surface area contributed by atoms with Crippen molar-refractivity contribution in [3.05, 3.63) is 29.8 Å². The van der Waals surface area contributed by atoms with Gasteiger partial charge < -0.3 is 0 Å². The van der Waals surface area contributed by atoms with Crippen LogP contribution in [0.5, 0.6) is 0 Å². The predicted octanol–water partition coefficient (Wildman–Crippen LogP) is 4.24. The number of hydrogen-bond donors (Lipinski definition) is 0. The van der Waals surface area contributed by atoms with Crippen molar-refractivity contribution in [1.82, 2.24) is 0 Å². The summed E-state index contributed by atoms with van der Waals surface area (Å²) in [6.45, 7) is 0. The van der Waals surface area contributed by atoms with Crippen molar-refractivity contribution in [3.63, 3.8) is 0 Å². The summed E-state index contributed by atoms with van der Waals surface area (Å²) in [7, 11) is 0. The minimum atomic E-state index is 0.198. The van der Waals surface area contributed by atoms with Gasteiger partial charge in [0.05, 0.1) is 5.25 Å². The first kappa shape index (κ1) is 12.3. The van der Waals surface area contributed by atoms with Crippen molar-refractivity contribution < 1.29 is 4.79 Å². The third-order valence-corrected chi connectivity index (χ3v) is 5.59. The molecule has 3 rings (SSSR count). The van der Waals surface area contributed by atoms with Crippen LogP contribution in [0.3, 0.4) is 0 Å². The first-order valence-electron chi connectivity index (χ1n) is 7.10. The number of Topliss-reactive ketones (excluding diaryl/α,β-unsaturated/α-hetero) is 1. The highest BCUT2D eigenvalue weighted by Crippen LogP contribution is 2.38. The molecule has 1 heterocycles. The van der Waals surface area contributed by atoms with Crippen LogP contribution in [0.15, 0.2) is 29.2 Å². The maximum Gasteiger partial charge on any atom is 0.146 e. The molecule has 1 aliphatic heterocycles. The molecule has 0 saturated heterocycles. The molecule has 2 heteroatoms. The maximum atomic E-state index is 12.4. The first-order valence-corrected chi connectivity index (χ1v) is 7.98. The smallest absolute Gasteiger partial charge is 0.146 e. The van der Waals surface area contributed by atoms with Gasteiger partial charge in [-0.05, 0) is 24.0 Å². The van der Waals surface area contributed by atoms with Crippen LogP contribution in [-0.4, -0.2) is 11.0 Å². The Bertz CT molecular complexity index is 409. The fraction of sp³-hybridized carbons (Fsp3) is 0.562. The molecule has 1 aromatic rings. The van der Waals surface area contributed by atoms with Crippen LogP contribution in [0.1, 0.15) is 44.1 Å². The molecule has 0 radical (unpaired) electrons. The monoisotopic (exact) mass is 260 g/mol. The maximum absolute atomic E-state index is 12.4. The lowest BCUT2D eigenvalue weighted by Crippen LogP contribution is -2.21. The Labute approximate surface area is 113 Å². The van der Waals surface area contributed by atoms with Crippen LogP contribution >= 0.6 is 11.8 Å². The van der Waals surface area contributed by atoms with Gasteiger partial charge in [-0.25, -0.2) is 0 Å². The van der Waals surface area contributed by atoms with Gasteiger partial charge in [-0.2, -0.15) is 0 Å². The Hall–Kier alpha value is -0.760.